The van der Waals surface area contributed by atoms with Crippen molar-refractivity contribution in [2.24, 2.45) is 7.05 Å². The van der Waals surface area contributed by atoms with E-state index < -0.39 is 0 Å². The normalized spacial score (nSPS) is 12.0. The van der Waals surface area contributed by atoms with E-state index in [1.54, 1.807) is 7.11 Å². The van der Waals surface area contributed by atoms with Crippen molar-refractivity contribution in [1.29, 1.82) is 0 Å². The van der Waals surface area contributed by atoms with Gasteiger partial charge >= 0.3 is 0 Å². The van der Waals surface area contributed by atoms with Crippen LogP contribution >= 0.6 is 0 Å². The van der Waals surface area contributed by atoms with Crippen LogP contribution in [0.4, 0.5) is 0 Å². The molecule has 1 N–H and O–H groups in total. The minimum Gasteiger partial charge on any atom is -0.493 e. The van der Waals surface area contributed by atoms with Gasteiger partial charge in [-0.3, -0.25) is 4.68 Å². The van der Waals surface area contributed by atoms with Crippen LogP contribution in [0.5, 0.6) is 11.5 Å². The Hall–Kier alpha value is -2.27. The summed E-state index contributed by atoms with van der Waals surface area (Å²) in [6.45, 7) is 11.2. The molecule has 2 rings (SSSR count). The van der Waals surface area contributed by atoms with Crippen LogP contribution in [0, 0.1) is 6.92 Å². The number of aromatic nitrogens is 2. The van der Waals surface area contributed by atoms with E-state index in [-0.39, 0.29) is 6.04 Å². The Kier molecular flexibility index (Phi) is 6.04. The first-order valence-corrected chi connectivity index (χ1v) is 8.08. The van der Waals surface area contributed by atoms with Gasteiger partial charge in [-0.2, -0.15) is 5.10 Å². The second kappa shape index (κ2) is 8.02. The lowest BCUT2D eigenvalue weighted by Crippen LogP contribution is -2.18. The third-order valence-corrected chi connectivity index (χ3v) is 3.83. The summed E-state index contributed by atoms with van der Waals surface area (Å²) in [4.78, 5) is 0. The number of rotatable bonds is 8. The minimum atomic E-state index is 0.223. The maximum absolute atomic E-state index is 5.78. The number of benzene rings is 1. The number of hydrogen-bond acceptors (Lipinski definition) is 4. The summed E-state index contributed by atoms with van der Waals surface area (Å²) in [5, 5.41) is 7.93. The molecule has 1 heterocycles. The number of hydrogen-bond donors (Lipinski definition) is 1. The number of ether oxygens (including phenoxy) is 2. The van der Waals surface area contributed by atoms with E-state index in [1.165, 1.54) is 5.56 Å². The van der Waals surface area contributed by atoms with Gasteiger partial charge in [0, 0.05) is 31.4 Å². The fraction of sp³-hybridized carbons (Fsp3) is 0.421. The van der Waals surface area contributed by atoms with Crippen LogP contribution in [-0.2, 0) is 13.6 Å². The quantitative estimate of drug-likeness (QED) is 0.753. The second-order valence-electron chi connectivity index (χ2n) is 6.18. The number of nitrogens with zero attached hydrogens (tertiary/aromatic N) is 2. The van der Waals surface area contributed by atoms with Crippen LogP contribution in [0.15, 0.2) is 36.5 Å². The van der Waals surface area contributed by atoms with Crippen LogP contribution < -0.4 is 14.8 Å². The zero-order valence-electron chi connectivity index (χ0n) is 15.2. The summed E-state index contributed by atoms with van der Waals surface area (Å²) in [7, 11) is 3.59. The molecule has 0 radical (unpaired) electrons. The molecular formula is C19H27N3O2. The number of methoxy groups -OCH3 is 1. The van der Waals surface area contributed by atoms with Gasteiger partial charge in [0.25, 0.3) is 0 Å². The summed E-state index contributed by atoms with van der Waals surface area (Å²) < 4.78 is 13.0. The molecule has 0 aliphatic rings. The van der Waals surface area contributed by atoms with E-state index in [0.717, 1.165) is 34.9 Å². The fourth-order valence-corrected chi connectivity index (χ4v) is 2.57. The van der Waals surface area contributed by atoms with Crippen molar-refractivity contribution in [2.75, 3.05) is 13.7 Å². The largest absolute Gasteiger partial charge is 0.493 e. The highest BCUT2D eigenvalue weighted by Crippen LogP contribution is 2.28. The van der Waals surface area contributed by atoms with Crippen LogP contribution in [0.1, 0.15) is 36.7 Å². The summed E-state index contributed by atoms with van der Waals surface area (Å²) in [5.74, 6) is 1.47. The Morgan fingerprint density at radius 1 is 1.38 bits per heavy atom. The Balaban J connectivity index is 2.05. The molecule has 0 saturated carbocycles. The lowest BCUT2D eigenvalue weighted by molar-refractivity contribution is 0.319. The Morgan fingerprint density at radius 2 is 2.12 bits per heavy atom. The summed E-state index contributed by atoms with van der Waals surface area (Å²) in [5.41, 5.74) is 4.38. The third-order valence-electron chi connectivity index (χ3n) is 3.83. The SMILES string of the molecule is C=C(C)COc1cc(CNC(C)c2cn(C)nc2C)ccc1OC. The van der Waals surface area contributed by atoms with Crippen LogP contribution in [-0.4, -0.2) is 23.5 Å². The van der Waals surface area contributed by atoms with Crippen molar-refractivity contribution in [3.05, 3.63) is 53.4 Å². The van der Waals surface area contributed by atoms with Gasteiger partial charge in [-0.15, -0.1) is 0 Å². The first-order valence-electron chi connectivity index (χ1n) is 8.08. The van der Waals surface area contributed by atoms with E-state index in [1.807, 2.05) is 43.8 Å². The Bertz CT molecular complexity index is 707. The predicted octanol–water partition coefficient (Wildman–Crippen LogP) is 3.54. The molecule has 1 aromatic heterocycles. The van der Waals surface area contributed by atoms with Gasteiger partial charge in [0.2, 0.25) is 0 Å². The average molecular weight is 329 g/mol. The van der Waals surface area contributed by atoms with Gasteiger partial charge in [0.15, 0.2) is 11.5 Å². The van der Waals surface area contributed by atoms with Gasteiger partial charge in [-0.1, -0.05) is 12.6 Å². The highest BCUT2D eigenvalue weighted by atomic mass is 16.5. The molecule has 1 unspecified atom stereocenters. The van der Waals surface area contributed by atoms with Crippen molar-refractivity contribution in [1.82, 2.24) is 15.1 Å². The molecule has 5 heteroatoms. The second-order valence-corrected chi connectivity index (χ2v) is 6.18. The van der Waals surface area contributed by atoms with Gasteiger partial charge in [0.05, 0.1) is 12.8 Å². The van der Waals surface area contributed by atoms with Crippen LogP contribution in [0.25, 0.3) is 0 Å². The van der Waals surface area contributed by atoms with Gasteiger partial charge < -0.3 is 14.8 Å². The van der Waals surface area contributed by atoms with Gasteiger partial charge in [-0.25, -0.2) is 0 Å². The Labute approximate surface area is 144 Å². The first kappa shape index (κ1) is 18.1. The lowest BCUT2D eigenvalue weighted by Gasteiger charge is -2.15. The molecule has 0 fully saturated rings. The van der Waals surface area contributed by atoms with E-state index >= 15 is 0 Å². The molecule has 0 bridgehead atoms. The molecule has 24 heavy (non-hydrogen) atoms. The summed E-state index contributed by atoms with van der Waals surface area (Å²) in [6, 6.07) is 6.21. The minimum absolute atomic E-state index is 0.223. The van der Waals surface area contributed by atoms with Crippen LogP contribution in [0.3, 0.4) is 0 Å². The standard InChI is InChI=1S/C19H27N3O2/c1-13(2)12-24-19-9-16(7-8-18(19)23-6)10-20-14(3)17-11-22(5)21-15(17)4/h7-9,11,14,20H,1,10,12H2,2-6H3. The van der Waals surface area contributed by atoms with Crippen molar-refractivity contribution in [2.45, 2.75) is 33.4 Å². The van der Waals surface area contributed by atoms with Crippen molar-refractivity contribution < 1.29 is 9.47 Å². The first-order chi connectivity index (χ1) is 11.4. The highest BCUT2D eigenvalue weighted by Gasteiger charge is 2.12. The molecule has 1 aromatic carbocycles. The molecule has 0 saturated heterocycles. The van der Waals surface area contributed by atoms with E-state index in [0.29, 0.717) is 6.61 Å². The number of nitrogens with one attached hydrogen (secondary N) is 1. The van der Waals surface area contributed by atoms with E-state index in [2.05, 4.69) is 30.1 Å². The lowest BCUT2D eigenvalue weighted by atomic mass is 10.1. The highest BCUT2D eigenvalue weighted by molar-refractivity contribution is 5.43. The molecular weight excluding hydrogens is 302 g/mol. The smallest absolute Gasteiger partial charge is 0.161 e. The maximum atomic E-state index is 5.78. The van der Waals surface area contributed by atoms with E-state index in [4.69, 9.17) is 9.47 Å². The monoisotopic (exact) mass is 329 g/mol. The van der Waals surface area contributed by atoms with Crippen molar-refractivity contribution >= 4 is 0 Å². The molecule has 2 aromatic rings. The van der Waals surface area contributed by atoms with Gasteiger partial charge in [0.1, 0.15) is 6.61 Å². The third kappa shape index (κ3) is 4.61. The zero-order valence-corrected chi connectivity index (χ0v) is 15.2. The molecule has 0 aliphatic carbocycles. The fourth-order valence-electron chi connectivity index (χ4n) is 2.57. The van der Waals surface area contributed by atoms with E-state index in [9.17, 15) is 0 Å². The molecule has 0 aliphatic heterocycles. The topological polar surface area (TPSA) is 48.3 Å². The average Bonchev–Trinajstić information content (AvgIpc) is 2.89. The molecule has 0 spiro atoms. The van der Waals surface area contributed by atoms with Crippen molar-refractivity contribution in [3.8, 4) is 11.5 Å². The molecule has 0 amide bonds. The molecule has 130 valence electrons. The Morgan fingerprint density at radius 3 is 2.71 bits per heavy atom. The van der Waals surface area contributed by atoms with Crippen molar-refractivity contribution in [3.63, 3.8) is 0 Å². The molecule has 5 nitrogen and oxygen atoms in total. The maximum Gasteiger partial charge on any atom is 0.161 e. The van der Waals surface area contributed by atoms with Gasteiger partial charge in [-0.05, 0) is 44.0 Å². The summed E-state index contributed by atoms with van der Waals surface area (Å²) >= 11 is 0. The predicted molar refractivity (Wildman–Crippen MR) is 96.5 cm³/mol. The summed E-state index contributed by atoms with van der Waals surface area (Å²) in [6.07, 6.45) is 2.06. The number of aryl methyl sites for hydroxylation is 2. The van der Waals surface area contributed by atoms with Crippen LogP contribution in [0.2, 0.25) is 0 Å². The molecule has 1 atom stereocenters. The zero-order chi connectivity index (χ0) is 17.7.